The van der Waals surface area contributed by atoms with Crippen molar-refractivity contribution >= 4 is 5.91 Å². The Hall–Kier alpha value is -0.610. The average Bonchev–Trinajstić information content (AvgIpc) is 2.85. The number of nitrogens with one attached hydrogen (secondary N) is 2. The van der Waals surface area contributed by atoms with Crippen molar-refractivity contribution < 1.29 is 9.90 Å². The van der Waals surface area contributed by atoms with Gasteiger partial charge in [0.15, 0.2) is 0 Å². The van der Waals surface area contributed by atoms with E-state index in [0.717, 1.165) is 38.6 Å². The molecule has 1 amide bonds. The molecule has 2 aliphatic rings. The topological polar surface area (TPSA) is 61.4 Å². The van der Waals surface area contributed by atoms with Crippen LogP contribution >= 0.6 is 0 Å². The standard InChI is InChI=1S/C11H20N2O2/c14-10-5-1-3-8(10)7-13-11(15)9-4-2-6-12-9/h8-10,12,14H,1-7H2,(H,13,15)/t8?,9-,10?/m1/s1. The van der Waals surface area contributed by atoms with Gasteiger partial charge in [-0.15, -0.1) is 0 Å². The van der Waals surface area contributed by atoms with Crippen LogP contribution in [0, 0.1) is 5.92 Å². The summed E-state index contributed by atoms with van der Waals surface area (Å²) < 4.78 is 0. The fraction of sp³-hybridized carbons (Fsp3) is 0.909. The third kappa shape index (κ3) is 2.69. The van der Waals surface area contributed by atoms with E-state index in [1.165, 1.54) is 0 Å². The second kappa shape index (κ2) is 4.94. The maximum absolute atomic E-state index is 11.7. The van der Waals surface area contributed by atoms with Crippen LogP contribution in [-0.2, 0) is 4.79 Å². The van der Waals surface area contributed by atoms with Gasteiger partial charge in [-0.05, 0) is 32.2 Å². The molecule has 0 spiro atoms. The number of aliphatic hydroxyl groups is 1. The zero-order valence-corrected chi connectivity index (χ0v) is 9.04. The molecular formula is C11H20N2O2. The maximum atomic E-state index is 11.7. The minimum Gasteiger partial charge on any atom is -0.393 e. The van der Waals surface area contributed by atoms with E-state index in [2.05, 4.69) is 10.6 Å². The molecule has 2 rings (SSSR count). The van der Waals surface area contributed by atoms with E-state index in [4.69, 9.17) is 0 Å². The summed E-state index contributed by atoms with van der Waals surface area (Å²) in [5.74, 6) is 0.377. The van der Waals surface area contributed by atoms with Crippen LogP contribution in [-0.4, -0.2) is 36.2 Å². The summed E-state index contributed by atoms with van der Waals surface area (Å²) in [5, 5.41) is 15.7. The van der Waals surface area contributed by atoms with Crippen LogP contribution in [0.3, 0.4) is 0 Å². The van der Waals surface area contributed by atoms with Gasteiger partial charge in [-0.1, -0.05) is 6.42 Å². The van der Waals surface area contributed by atoms with Gasteiger partial charge in [0, 0.05) is 12.5 Å². The molecule has 1 aliphatic heterocycles. The molecule has 0 bridgehead atoms. The van der Waals surface area contributed by atoms with Crippen molar-refractivity contribution in [2.45, 2.75) is 44.2 Å². The van der Waals surface area contributed by atoms with Gasteiger partial charge in [-0.3, -0.25) is 4.79 Å². The summed E-state index contributed by atoms with van der Waals surface area (Å²) in [6.07, 6.45) is 4.84. The molecule has 0 aromatic heterocycles. The average molecular weight is 212 g/mol. The highest BCUT2D eigenvalue weighted by molar-refractivity contribution is 5.81. The van der Waals surface area contributed by atoms with Crippen molar-refractivity contribution in [1.82, 2.24) is 10.6 Å². The molecule has 86 valence electrons. The van der Waals surface area contributed by atoms with Gasteiger partial charge in [-0.25, -0.2) is 0 Å². The van der Waals surface area contributed by atoms with E-state index < -0.39 is 0 Å². The molecule has 15 heavy (non-hydrogen) atoms. The second-order valence-corrected chi connectivity index (χ2v) is 4.65. The Morgan fingerprint density at radius 3 is 2.80 bits per heavy atom. The van der Waals surface area contributed by atoms with Crippen LogP contribution in [0.15, 0.2) is 0 Å². The lowest BCUT2D eigenvalue weighted by atomic mass is 10.1. The van der Waals surface area contributed by atoms with Crippen LogP contribution in [0.2, 0.25) is 0 Å². The first kappa shape index (κ1) is 10.9. The van der Waals surface area contributed by atoms with E-state index in [-0.39, 0.29) is 24.0 Å². The van der Waals surface area contributed by atoms with Gasteiger partial charge in [0.05, 0.1) is 12.1 Å². The summed E-state index contributed by atoms with van der Waals surface area (Å²) in [6.45, 7) is 1.59. The first-order valence-corrected chi connectivity index (χ1v) is 5.96. The normalized spacial score (nSPS) is 35.7. The van der Waals surface area contributed by atoms with Gasteiger partial charge in [-0.2, -0.15) is 0 Å². The van der Waals surface area contributed by atoms with E-state index in [9.17, 15) is 9.90 Å². The largest absolute Gasteiger partial charge is 0.393 e. The quantitative estimate of drug-likeness (QED) is 0.618. The number of aliphatic hydroxyl groups excluding tert-OH is 1. The second-order valence-electron chi connectivity index (χ2n) is 4.65. The lowest BCUT2D eigenvalue weighted by molar-refractivity contribution is -0.123. The first-order chi connectivity index (χ1) is 7.27. The number of carbonyl (C=O) groups excluding carboxylic acids is 1. The molecule has 3 atom stereocenters. The van der Waals surface area contributed by atoms with Crippen molar-refractivity contribution in [1.29, 1.82) is 0 Å². The van der Waals surface area contributed by atoms with Crippen molar-refractivity contribution in [2.75, 3.05) is 13.1 Å². The molecule has 1 saturated carbocycles. The zero-order chi connectivity index (χ0) is 10.7. The summed E-state index contributed by atoms with van der Waals surface area (Å²) in [7, 11) is 0. The number of carbonyl (C=O) groups is 1. The van der Waals surface area contributed by atoms with Gasteiger partial charge >= 0.3 is 0 Å². The highest BCUT2D eigenvalue weighted by atomic mass is 16.3. The van der Waals surface area contributed by atoms with E-state index in [0.29, 0.717) is 6.54 Å². The van der Waals surface area contributed by atoms with E-state index >= 15 is 0 Å². The van der Waals surface area contributed by atoms with E-state index in [1.807, 2.05) is 0 Å². The highest BCUT2D eigenvalue weighted by Gasteiger charge is 2.27. The molecule has 1 saturated heterocycles. The fourth-order valence-electron chi connectivity index (χ4n) is 2.52. The molecule has 0 aromatic rings. The lowest BCUT2D eigenvalue weighted by Crippen LogP contribution is -2.43. The number of rotatable bonds is 3. The monoisotopic (exact) mass is 212 g/mol. The number of amides is 1. The van der Waals surface area contributed by atoms with Crippen molar-refractivity contribution in [3.8, 4) is 0 Å². The number of hydrogen-bond acceptors (Lipinski definition) is 3. The Kier molecular flexibility index (Phi) is 3.59. The Morgan fingerprint density at radius 2 is 2.20 bits per heavy atom. The predicted molar refractivity (Wildman–Crippen MR) is 57.4 cm³/mol. The smallest absolute Gasteiger partial charge is 0.237 e. The van der Waals surface area contributed by atoms with Gasteiger partial charge in [0.25, 0.3) is 0 Å². The Balaban J connectivity index is 1.70. The summed E-state index contributed by atoms with van der Waals surface area (Å²) in [6, 6.07) is 0.00328. The minimum absolute atomic E-state index is 0.00328. The van der Waals surface area contributed by atoms with Gasteiger partial charge in [0.2, 0.25) is 5.91 Å². The Labute approximate surface area is 90.4 Å². The molecule has 1 heterocycles. The van der Waals surface area contributed by atoms with Crippen molar-refractivity contribution in [3.05, 3.63) is 0 Å². The molecule has 4 nitrogen and oxygen atoms in total. The fourth-order valence-corrected chi connectivity index (χ4v) is 2.52. The molecule has 1 aliphatic carbocycles. The third-order valence-electron chi connectivity index (χ3n) is 3.53. The molecule has 2 fully saturated rings. The van der Waals surface area contributed by atoms with Crippen LogP contribution in [0.4, 0.5) is 0 Å². The summed E-state index contributed by atoms with van der Waals surface area (Å²) in [5.41, 5.74) is 0. The lowest BCUT2D eigenvalue weighted by Gasteiger charge is -2.17. The first-order valence-electron chi connectivity index (χ1n) is 5.96. The maximum Gasteiger partial charge on any atom is 0.237 e. The van der Waals surface area contributed by atoms with Crippen molar-refractivity contribution in [2.24, 2.45) is 5.92 Å². The molecular weight excluding hydrogens is 192 g/mol. The molecule has 0 aromatic carbocycles. The number of hydrogen-bond donors (Lipinski definition) is 3. The minimum atomic E-state index is -0.207. The summed E-state index contributed by atoms with van der Waals surface area (Å²) in [4.78, 5) is 11.7. The predicted octanol–water partition coefficient (Wildman–Crippen LogP) is 0.0156. The molecule has 4 heteroatoms. The SMILES string of the molecule is O=C(NCC1CCCC1O)[C@H]1CCCN1. The van der Waals surface area contributed by atoms with Crippen molar-refractivity contribution in [3.63, 3.8) is 0 Å². The van der Waals surface area contributed by atoms with E-state index in [1.54, 1.807) is 0 Å². The van der Waals surface area contributed by atoms with Gasteiger partial charge in [0.1, 0.15) is 0 Å². The summed E-state index contributed by atoms with van der Waals surface area (Å²) >= 11 is 0. The Bertz CT molecular complexity index is 227. The Morgan fingerprint density at radius 1 is 1.33 bits per heavy atom. The molecule has 3 N–H and O–H groups in total. The van der Waals surface area contributed by atoms with Crippen LogP contribution in [0.5, 0.6) is 0 Å². The van der Waals surface area contributed by atoms with Crippen LogP contribution in [0.1, 0.15) is 32.1 Å². The molecule has 0 radical (unpaired) electrons. The van der Waals surface area contributed by atoms with Crippen LogP contribution < -0.4 is 10.6 Å². The van der Waals surface area contributed by atoms with Crippen LogP contribution in [0.25, 0.3) is 0 Å². The third-order valence-corrected chi connectivity index (χ3v) is 3.53. The zero-order valence-electron chi connectivity index (χ0n) is 9.04. The highest BCUT2D eigenvalue weighted by Crippen LogP contribution is 2.24. The van der Waals surface area contributed by atoms with Gasteiger partial charge < -0.3 is 15.7 Å². The molecule has 2 unspecified atom stereocenters.